The predicted octanol–water partition coefficient (Wildman–Crippen LogP) is 1.08. The molecule has 2 fully saturated rings. The third-order valence-electron chi connectivity index (χ3n) is 4.40. The van der Waals surface area contributed by atoms with Crippen molar-refractivity contribution < 1.29 is 14.6 Å². The van der Waals surface area contributed by atoms with E-state index in [1.54, 1.807) is 0 Å². The van der Waals surface area contributed by atoms with E-state index in [2.05, 4.69) is 5.32 Å². The van der Waals surface area contributed by atoms with E-state index in [1.807, 2.05) is 20.8 Å². The molecule has 4 nitrogen and oxygen atoms in total. The fourth-order valence-corrected chi connectivity index (χ4v) is 2.45. The minimum absolute atomic E-state index is 0.0486. The Bertz CT molecular complexity index is 312. The smallest absolute Gasteiger partial charge is 0.226 e. The number of hydrogen-bond acceptors (Lipinski definition) is 3. The Balaban J connectivity index is 1.87. The molecule has 0 aromatic rings. The van der Waals surface area contributed by atoms with E-state index in [0.717, 1.165) is 12.8 Å². The quantitative estimate of drug-likeness (QED) is 0.774. The lowest BCUT2D eigenvalue weighted by Crippen LogP contribution is -2.50. The summed E-state index contributed by atoms with van der Waals surface area (Å²) in [6.45, 7) is 6.69. The second kappa shape index (κ2) is 4.25. The lowest BCUT2D eigenvalue weighted by molar-refractivity contribution is -0.132. The van der Waals surface area contributed by atoms with Crippen molar-refractivity contribution in [3.05, 3.63) is 0 Å². The maximum absolute atomic E-state index is 12.1. The van der Waals surface area contributed by atoms with Crippen molar-refractivity contribution in [1.29, 1.82) is 0 Å². The number of nitrogens with one attached hydrogen (secondary N) is 1. The Morgan fingerprint density at radius 3 is 2.65 bits per heavy atom. The van der Waals surface area contributed by atoms with Gasteiger partial charge in [0.15, 0.2) is 0 Å². The Kier molecular flexibility index (Phi) is 3.21. The maximum Gasteiger partial charge on any atom is 0.226 e. The van der Waals surface area contributed by atoms with Gasteiger partial charge in [-0.1, -0.05) is 13.8 Å². The molecule has 2 aliphatic rings. The highest BCUT2D eigenvalue weighted by molar-refractivity contribution is 5.82. The number of hydrogen-bond donors (Lipinski definition) is 2. The summed E-state index contributed by atoms with van der Waals surface area (Å²) in [7, 11) is 0. The van der Waals surface area contributed by atoms with E-state index in [9.17, 15) is 9.90 Å². The van der Waals surface area contributed by atoms with E-state index in [4.69, 9.17) is 4.74 Å². The fraction of sp³-hybridized carbons (Fsp3) is 0.923. The van der Waals surface area contributed by atoms with Crippen LogP contribution in [0.5, 0.6) is 0 Å². The van der Waals surface area contributed by atoms with Crippen LogP contribution in [-0.2, 0) is 9.53 Å². The summed E-state index contributed by atoms with van der Waals surface area (Å²) in [6, 6.07) is 0. The maximum atomic E-state index is 12.1. The van der Waals surface area contributed by atoms with Gasteiger partial charge in [-0.25, -0.2) is 0 Å². The average Bonchev–Trinajstić information content (AvgIpc) is 3.05. The Hall–Kier alpha value is -0.610. The molecule has 2 rings (SSSR count). The van der Waals surface area contributed by atoms with Crippen molar-refractivity contribution in [2.24, 2.45) is 11.3 Å². The molecule has 2 unspecified atom stereocenters. The van der Waals surface area contributed by atoms with Crippen LogP contribution in [0, 0.1) is 11.3 Å². The molecule has 1 heterocycles. The lowest BCUT2D eigenvalue weighted by Gasteiger charge is -2.29. The average molecular weight is 241 g/mol. The van der Waals surface area contributed by atoms with Crippen LogP contribution in [0.25, 0.3) is 0 Å². The van der Waals surface area contributed by atoms with E-state index >= 15 is 0 Å². The number of rotatable bonds is 4. The van der Waals surface area contributed by atoms with Gasteiger partial charge in [-0.05, 0) is 25.7 Å². The zero-order chi connectivity index (χ0) is 12.7. The highest BCUT2D eigenvalue weighted by Gasteiger charge is 2.45. The van der Waals surface area contributed by atoms with Crippen molar-refractivity contribution in [1.82, 2.24) is 5.32 Å². The first kappa shape index (κ1) is 12.8. The predicted molar refractivity (Wildman–Crippen MR) is 64.5 cm³/mol. The summed E-state index contributed by atoms with van der Waals surface area (Å²) < 4.78 is 5.34. The number of carbonyl (C=O) groups excluding carboxylic acids is 1. The second-order valence-electron chi connectivity index (χ2n) is 6.05. The van der Waals surface area contributed by atoms with Crippen LogP contribution in [0.15, 0.2) is 0 Å². The molecule has 0 radical (unpaired) electrons. The summed E-state index contributed by atoms with van der Waals surface area (Å²) in [5, 5.41) is 13.2. The molecule has 0 aromatic heterocycles. The highest BCUT2D eigenvalue weighted by Crippen LogP contribution is 2.45. The molecule has 0 aromatic carbocycles. The van der Waals surface area contributed by atoms with Crippen LogP contribution >= 0.6 is 0 Å². The molecule has 2 atom stereocenters. The van der Waals surface area contributed by atoms with Crippen molar-refractivity contribution in [3.63, 3.8) is 0 Å². The summed E-state index contributed by atoms with van der Waals surface area (Å²) in [5.41, 5.74) is -1.20. The third kappa shape index (κ3) is 2.47. The number of amides is 1. The van der Waals surface area contributed by atoms with Crippen molar-refractivity contribution in [2.75, 3.05) is 13.2 Å². The van der Waals surface area contributed by atoms with Crippen LogP contribution in [0.2, 0.25) is 0 Å². The Morgan fingerprint density at radius 1 is 1.53 bits per heavy atom. The fourth-order valence-electron chi connectivity index (χ4n) is 2.45. The molecule has 17 heavy (non-hydrogen) atoms. The minimum Gasteiger partial charge on any atom is -0.385 e. The van der Waals surface area contributed by atoms with Gasteiger partial charge in [0.1, 0.15) is 5.60 Å². The van der Waals surface area contributed by atoms with Crippen LogP contribution in [0.1, 0.15) is 40.0 Å². The molecule has 2 N–H and O–H groups in total. The van der Waals surface area contributed by atoms with Crippen LogP contribution in [0.3, 0.4) is 0 Å². The molecule has 4 heteroatoms. The van der Waals surface area contributed by atoms with Gasteiger partial charge < -0.3 is 15.2 Å². The van der Waals surface area contributed by atoms with E-state index in [1.165, 1.54) is 0 Å². The molecule has 1 saturated carbocycles. The molecule has 0 spiro atoms. The summed E-state index contributed by atoms with van der Waals surface area (Å²) in [6.07, 6.45) is 2.68. The van der Waals surface area contributed by atoms with E-state index < -0.39 is 5.60 Å². The van der Waals surface area contributed by atoms with Gasteiger partial charge in [0.25, 0.3) is 0 Å². The normalized spacial score (nSPS) is 33.8. The first-order chi connectivity index (χ1) is 7.86. The standard InChI is InChI=1S/C13H23NO3/c1-9-13(16,6-7-17-9)8-14-11(15)12(2,3)10-4-5-10/h9-10,16H,4-8H2,1-3H3,(H,14,15). The highest BCUT2D eigenvalue weighted by atomic mass is 16.5. The SMILES string of the molecule is CC1OCCC1(O)CNC(=O)C(C)(C)C1CC1. The van der Waals surface area contributed by atoms with Gasteiger partial charge in [-0.2, -0.15) is 0 Å². The summed E-state index contributed by atoms with van der Waals surface area (Å²) in [5.74, 6) is 0.557. The van der Waals surface area contributed by atoms with E-state index in [0.29, 0.717) is 25.5 Å². The third-order valence-corrected chi connectivity index (χ3v) is 4.40. The number of carbonyl (C=O) groups is 1. The topological polar surface area (TPSA) is 58.6 Å². The van der Waals surface area contributed by atoms with Crippen LogP contribution in [0.4, 0.5) is 0 Å². The molecule has 1 amide bonds. The minimum atomic E-state index is -0.894. The molecule has 0 bridgehead atoms. The Morgan fingerprint density at radius 2 is 2.18 bits per heavy atom. The van der Waals surface area contributed by atoms with Gasteiger partial charge in [0.2, 0.25) is 5.91 Å². The van der Waals surface area contributed by atoms with Crippen molar-refractivity contribution >= 4 is 5.91 Å². The zero-order valence-corrected chi connectivity index (χ0v) is 11.0. The first-order valence-corrected chi connectivity index (χ1v) is 6.48. The largest absolute Gasteiger partial charge is 0.385 e. The molecular weight excluding hydrogens is 218 g/mol. The van der Waals surface area contributed by atoms with Crippen molar-refractivity contribution in [3.8, 4) is 0 Å². The van der Waals surface area contributed by atoms with Gasteiger partial charge in [0, 0.05) is 25.0 Å². The summed E-state index contributed by atoms with van der Waals surface area (Å²) >= 11 is 0. The monoisotopic (exact) mass is 241 g/mol. The Labute approximate surface area is 103 Å². The number of aliphatic hydroxyl groups is 1. The van der Waals surface area contributed by atoms with E-state index in [-0.39, 0.29) is 17.4 Å². The summed E-state index contributed by atoms with van der Waals surface area (Å²) in [4.78, 5) is 12.1. The van der Waals surface area contributed by atoms with Gasteiger partial charge >= 0.3 is 0 Å². The molecule has 1 saturated heterocycles. The zero-order valence-electron chi connectivity index (χ0n) is 11.0. The molecule has 98 valence electrons. The second-order valence-corrected chi connectivity index (χ2v) is 6.05. The lowest BCUT2D eigenvalue weighted by atomic mass is 9.86. The molecular formula is C13H23NO3. The van der Waals surface area contributed by atoms with Gasteiger partial charge in [-0.3, -0.25) is 4.79 Å². The first-order valence-electron chi connectivity index (χ1n) is 6.48. The molecule has 1 aliphatic carbocycles. The van der Waals surface area contributed by atoms with Gasteiger partial charge in [0.05, 0.1) is 6.10 Å². The number of ether oxygens (including phenoxy) is 1. The van der Waals surface area contributed by atoms with Gasteiger partial charge in [-0.15, -0.1) is 0 Å². The van der Waals surface area contributed by atoms with Crippen molar-refractivity contribution in [2.45, 2.75) is 51.7 Å². The van der Waals surface area contributed by atoms with Crippen LogP contribution in [-0.4, -0.2) is 35.9 Å². The van der Waals surface area contributed by atoms with Crippen LogP contribution < -0.4 is 5.32 Å². The molecule has 1 aliphatic heterocycles.